The zero-order chi connectivity index (χ0) is 15.9. The highest BCUT2D eigenvalue weighted by Crippen LogP contribution is 2.12. The summed E-state index contributed by atoms with van der Waals surface area (Å²) in [5.41, 5.74) is 0.798. The zero-order valence-corrected chi connectivity index (χ0v) is 12.7. The van der Waals surface area contributed by atoms with Gasteiger partial charge in [0.1, 0.15) is 0 Å². The fraction of sp³-hybridized carbons (Fsp3) is 0.385. The molecular weight excluding hydrogens is 296 g/mol. The van der Waals surface area contributed by atoms with Gasteiger partial charge in [0.05, 0.1) is 12.9 Å². The summed E-state index contributed by atoms with van der Waals surface area (Å²) >= 11 is 0. The molecule has 0 saturated carbocycles. The summed E-state index contributed by atoms with van der Waals surface area (Å²) in [7, 11) is -0.768. The van der Waals surface area contributed by atoms with Crippen LogP contribution in [0.4, 0.5) is 5.69 Å². The quantitative estimate of drug-likeness (QED) is 0.723. The lowest BCUT2D eigenvalue weighted by Crippen LogP contribution is -2.19. The Hall–Kier alpha value is -2.09. The Morgan fingerprint density at radius 1 is 1.19 bits per heavy atom. The Kier molecular flexibility index (Phi) is 6.16. The Labute approximate surface area is 123 Å². The Bertz CT molecular complexity index is 595. The first-order valence-electron chi connectivity index (χ1n) is 6.27. The topological polar surface area (TPSA) is 102 Å². The number of anilines is 1. The molecule has 0 fully saturated rings. The first-order chi connectivity index (χ1) is 9.88. The molecule has 1 aromatic carbocycles. The third-order valence-electron chi connectivity index (χ3n) is 2.67. The van der Waals surface area contributed by atoms with Crippen LogP contribution in [0.5, 0.6) is 0 Å². The second-order valence-corrected chi connectivity index (χ2v) is 6.10. The van der Waals surface area contributed by atoms with Crippen LogP contribution in [0, 0.1) is 0 Å². The highest BCUT2D eigenvalue weighted by atomic mass is 32.2. The second kappa shape index (κ2) is 7.63. The van der Waals surface area contributed by atoms with E-state index in [9.17, 15) is 18.0 Å². The molecule has 0 aromatic heterocycles. The molecule has 0 saturated heterocycles. The van der Waals surface area contributed by atoms with E-state index in [4.69, 9.17) is 0 Å². The number of methoxy groups -OCH3 is 1. The van der Waals surface area contributed by atoms with Gasteiger partial charge in [-0.15, -0.1) is 0 Å². The maximum absolute atomic E-state index is 11.8. The number of carbonyl (C=O) groups excluding carboxylic acids is 2. The van der Waals surface area contributed by atoms with Crippen molar-refractivity contribution in [3.63, 3.8) is 0 Å². The lowest BCUT2D eigenvalue weighted by atomic mass is 10.2. The zero-order valence-electron chi connectivity index (χ0n) is 11.9. The molecule has 0 aliphatic carbocycles. The van der Waals surface area contributed by atoms with Crippen LogP contribution in [0.15, 0.2) is 24.3 Å². The first-order valence-corrected chi connectivity index (χ1v) is 7.92. The lowest BCUT2D eigenvalue weighted by molar-refractivity contribution is -0.140. The minimum absolute atomic E-state index is 0.0486. The van der Waals surface area contributed by atoms with Crippen LogP contribution < -0.4 is 10.0 Å². The van der Waals surface area contributed by atoms with Gasteiger partial charge in [-0.25, -0.2) is 8.42 Å². The van der Waals surface area contributed by atoms with E-state index in [0.717, 1.165) is 0 Å². The van der Waals surface area contributed by atoms with E-state index >= 15 is 0 Å². The maximum Gasteiger partial charge on any atom is 0.305 e. The molecule has 0 radical (unpaired) electrons. The van der Waals surface area contributed by atoms with Gasteiger partial charge in [-0.3, -0.25) is 14.3 Å². The fourth-order valence-electron chi connectivity index (χ4n) is 1.57. The molecule has 116 valence electrons. The summed E-state index contributed by atoms with van der Waals surface area (Å²) in [5, 5.41) is 2.47. The molecule has 0 aliphatic heterocycles. The van der Waals surface area contributed by atoms with Gasteiger partial charge < -0.3 is 10.1 Å². The standard InChI is InChI=1S/C13H18N2O5S/c1-14-13(17)10-5-7-11(8-6-10)15-21(18,19)9-3-4-12(16)20-2/h5-8,15H,3-4,9H2,1-2H3,(H,14,17). The van der Waals surface area contributed by atoms with E-state index < -0.39 is 16.0 Å². The minimum atomic E-state index is -3.54. The largest absolute Gasteiger partial charge is 0.469 e. The van der Waals surface area contributed by atoms with Gasteiger partial charge in [-0.1, -0.05) is 0 Å². The monoisotopic (exact) mass is 314 g/mol. The Morgan fingerprint density at radius 3 is 2.33 bits per heavy atom. The number of rotatable bonds is 7. The number of amides is 1. The van der Waals surface area contributed by atoms with Gasteiger partial charge in [-0.2, -0.15) is 0 Å². The van der Waals surface area contributed by atoms with Gasteiger partial charge in [0.25, 0.3) is 5.91 Å². The molecule has 21 heavy (non-hydrogen) atoms. The lowest BCUT2D eigenvalue weighted by Gasteiger charge is -2.08. The third-order valence-corrected chi connectivity index (χ3v) is 4.04. The van der Waals surface area contributed by atoms with E-state index in [2.05, 4.69) is 14.8 Å². The molecule has 0 unspecified atom stereocenters. The predicted molar refractivity (Wildman–Crippen MR) is 78.5 cm³/mol. The Balaban J connectivity index is 2.59. The van der Waals surface area contributed by atoms with Crippen LogP contribution in [-0.2, 0) is 19.6 Å². The molecule has 8 heteroatoms. The molecular formula is C13H18N2O5S. The van der Waals surface area contributed by atoms with Crippen molar-refractivity contribution >= 4 is 27.6 Å². The summed E-state index contributed by atoms with van der Waals surface area (Å²) in [5.74, 6) is -0.873. The minimum Gasteiger partial charge on any atom is -0.469 e. The van der Waals surface area contributed by atoms with E-state index in [0.29, 0.717) is 11.3 Å². The maximum atomic E-state index is 11.8. The van der Waals surface area contributed by atoms with Crippen molar-refractivity contribution in [3.05, 3.63) is 29.8 Å². The second-order valence-electron chi connectivity index (χ2n) is 4.26. The average molecular weight is 314 g/mol. The number of hydrogen-bond donors (Lipinski definition) is 2. The molecule has 0 aliphatic rings. The molecule has 0 spiro atoms. The number of sulfonamides is 1. The van der Waals surface area contributed by atoms with E-state index in [1.807, 2.05) is 0 Å². The fourth-order valence-corrected chi connectivity index (χ4v) is 2.69. The van der Waals surface area contributed by atoms with Crippen molar-refractivity contribution in [1.82, 2.24) is 5.32 Å². The Morgan fingerprint density at radius 2 is 1.81 bits per heavy atom. The SMILES string of the molecule is CNC(=O)c1ccc(NS(=O)(=O)CCCC(=O)OC)cc1. The van der Waals surface area contributed by atoms with Gasteiger partial charge in [0, 0.05) is 24.7 Å². The first kappa shape index (κ1) is 17.0. The number of nitrogens with one attached hydrogen (secondary N) is 2. The average Bonchev–Trinajstić information content (AvgIpc) is 2.46. The van der Waals surface area contributed by atoms with Crippen LogP contribution >= 0.6 is 0 Å². The molecule has 1 rings (SSSR count). The van der Waals surface area contributed by atoms with Crippen LogP contribution in [-0.4, -0.2) is 40.2 Å². The predicted octanol–water partition coefficient (Wildman–Crippen LogP) is 0.741. The van der Waals surface area contributed by atoms with Crippen molar-refractivity contribution in [2.45, 2.75) is 12.8 Å². The molecule has 1 aromatic rings. The van der Waals surface area contributed by atoms with Crippen LogP contribution in [0.1, 0.15) is 23.2 Å². The van der Waals surface area contributed by atoms with Crippen molar-refractivity contribution in [3.8, 4) is 0 Å². The van der Waals surface area contributed by atoms with Crippen molar-refractivity contribution in [2.24, 2.45) is 0 Å². The summed E-state index contributed by atoms with van der Waals surface area (Å²) < 4.78 is 30.4. The molecule has 1 amide bonds. The number of esters is 1. The van der Waals surface area contributed by atoms with Crippen LogP contribution in [0.2, 0.25) is 0 Å². The smallest absolute Gasteiger partial charge is 0.305 e. The molecule has 2 N–H and O–H groups in total. The van der Waals surface area contributed by atoms with Crippen LogP contribution in [0.25, 0.3) is 0 Å². The van der Waals surface area contributed by atoms with E-state index in [-0.39, 0.29) is 24.5 Å². The van der Waals surface area contributed by atoms with Crippen molar-refractivity contribution in [1.29, 1.82) is 0 Å². The van der Waals surface area contributed by atoms with Gasteiger partial charge >= 0.3 is 5.97 Å². The van der Waals surface area contributed by atoms with Crippen molar-refractivity contribution < 1.29 is 22.7 Å². The number of ether oxygens (including phenoxy) is 1. The normalized spacial score (nSPS) is 10.8. The summed E-state index contributed by atoms with van der Waals surface area (Å²) in [6.07, 6.45) is 0.228. The molecule has 7 nitrogen and oxygen atoms in total. The molecule has 0 atom stereocenters. The summed E-state index contributed by atoms with van der Waals surface area (Å²) in [6, 6.07) is 6.04. The van der Waals surface area contributed by atoms with Gasteiger partial charge in [0.2, 0.25) is 10.0 Å². The number of benzene rings is 1. The van der Waals surface area contributed by atoms with Crippen LogP contribution in [0.3, 0.4) is 0 Å². The summed E-state index contributed by atoms with van der Waals surface area (Å²) in [6.45, 7) is 0. The highest BCUT2D eigenvalue weighted by Gasteiger charge is 2.12. The van der Waals surface area contributed by atoms with Gasteiger partial charge in [-0.05, 0) is 30.7 Å². The van der Waals surface area contributed by atoms with E-state index in [1.165, 1.54) is 38.4 Å². The van der Waals surface area contributed by atoms with Crippen molar-refractivity contribution in [2.75, 3.05) is 24.6 Å². The number of hydrogen-bond acceptors (Lipinski definition) is 5. The molecule has 0 bridgehead atoms. The van der Waals surface area contributed by atoms with Gasteiger partial charge in [0.15, 0.2) is 0 Å². The summed E-state index contributed by atoms with van der Waals surface area (Å²) in [4.78, 5) is 22.3. The highest BCUT2D eigenvalue weighted by molar-refractivity contribution is 7.92. The number of carbonyl (C=O) groups is 2. The van der Waals surface area contributed by atoms with E-state index in [1.54, 1.807) is 0 Å². The third kappa shape index (κ3) is 5.82. The molecule has 0 heterocycles.